The van der Waals surface area contributed by atoms with E-state index in [4.69, 9.17) is 4.52 Å². The molecule has 0 aliphatic heterocycles. The van der Waals surface area contributed by atoms with Gasteiger partial charge in [0.25, 0.3) is 0 Å². The molecule has 90 valence electrons. The number of aromatic nitrogens is 2. The standard InChI is InChI=1S/C13H10N2O2S/c16-10-4-1-3-9(7-10)13-14-12(17-15-13)8-11-5-2-6-18-11/h1-7,16H,8H2. The number of thiophene rings is 1. The van der Waals surface area contributed by atoms with Crippen molar-refractivity contribution in [2.45, 2.75) is 6.42 Å². The van der Waals surface area contributed by atoms with Gasteiger partial charge in [-0.3, -0.25) is 0 Å². The summed E-state index contributed by atoms with van der Waals surface area (Å²) < 4.78 is 5.20. The van der Waals surface area contributed by atoms with Crippen molar-refractivity contribution in [2.24, 2.45) is 0 Å². The first-order chi connectivity index (χ1) is 8.81. The molecule has 0 saturated carbocycles. The zero-order chi connectivity index (χ0) is 12.4. The zero-order valence-corrected chi connectivity index (χ0v) is 10.2. The van der Waals surface area contributed by atoms with Crippen molar-refractivity contribution in [1.29, 1.82) is 0 Å². The van der Waals surface area contributed by atoms with Crippen LogP contribution in [0.25, 0.3) is 11.4 Å². The van der Waals surface area contributed by atoms with Crippen LogP contribution in [-0.2, 0) is 6.42 Å². The fourth-order valence-corrected chi connectivity index (χ4v) is 2.35. The Hall–Kier alpha value is -2.14. The molecule has 0 spiro atoms. The Morgan fingerprint density at radius 2 is 2.17 bits per heavy atom. The second-order valence-corrected chi connectivity index (χ2v) is 4.85. The van der Waals surface area contributed by atoms with E-state index in [1.807, 2.05) is 23.6 Å². The Labute approximate surface area is 108 Å². The molecular formula is C13H10N2O2S. The Morgan fingerprint density at radius 3 is 2.94 bits per heavy atom. The van der Waals surface area contributed by atoms with E-state index in [0.717, 1.165) is 5.56 Å². The van der Waals surface area contributed by atoms with Crippen LogP contribution in [0.3, 0.4) is 0 Å². The van der Waals surface area contributed by atoms with Gasteiger partial charge in [-0.2, -0.15) is 4.98 Å². The third-order valence-electron chi connectivity index (χ3n) is 2.48. The molecule has 3 rings (SSSR count). The Morgan fingerprint density at radius 1 is 1.22 bits per heavy atom. The predicted octanol–water partition coefficient (Wildman–Crippen LogP) is 3.09. The van der Waals surface area contributed by atoms with Crippen LogP contribution in [0, 0.1) is 0 Å². The van der Waals surface area contributed by atoms with Crippen molar-refractivity contribution in [3.63, 3.8) is 0 Å². The first-order valence-electron chi connectivity index (χ1n) is 5.45. The molecule has 0 amide bonds. The summed E-state index contributed by atoms with van der Waals surface area (Å²) in [6.45, 7) is 0. The lowest BCUT2D eigenvalue weighted by molar-refractivity contribution is 0.386. The van der Waals surface area contributed by atoms with Gasteiger partial charge in [0, 0.05) is 10.4 Å². The minimum atomic E-state index is 0.192. The lowest BCUT2D eigenvalue weighted by atomic mass is 10.2. The predicted molar refractivity (Wildman–Crippen MR) is 68.5 cm³/mol. The molecule has 1 N–H and O–H groups in total. The number of benzene rings is 1. The van der Waals surface area contributed by atoms with Crippen molar-refractivity contribution < 1.29 is 9.63 Å². The van der Waals surface area contributed by atoms with E-state index >= 15 is 0 Å². The summed E-state index contributed by atoms with van der Waals surface area (Å²) in [6.07, 6.45) is 0.642. The Bertz CT molecular complexity index is 647. The van der Waals surface area contributed by atoms with E-state index in [1.165, 1.54) is 4.88 Å². The average Bonchev–Trinajstić information content (AvgIpc) is 3.01. The van der Waals surface area contributed by atoms with Crippen molar-refractivity contribution in [3.8, 4) is 17.1 Å². The fraction of sp³-hybridized carbons (Fsp3) is 0.0769. The van der Waals surface area contributed by atoms with Gasteiger partial charge in [-0.05, 0) is 23.6 Å². The molecule has 2 aromatic heterocycles. The van der Waals surface area contributed by atoms with E-state index in [0.29, 0.717) is 18.1 Å². The highest BCUT2D eigenvalue weighted by Gasteiger charge is 2.09. The lowest BCUT2D eigenvalue weighted by Crippen LogP contribution is -1.85. The highest BCUT2D eigenvalue weighted by molar-refractivity contribution is 7.09. The van der Waals surface area contributed by atoms with Gasteiger partial charge in [-0.1, -0.05) is 23.4 Å². The maximum absolute atomic E-state index is 9.40. The van der Waals surface area contributed by atoms with Crippen molar-refractivity contribution >= 4 is 11.3 Å². The van der Waals surface area contributed by atoms with Gasteiger partial charge in [-0.25, -0.2) is 0 Å². The smallest absolute Gasteiger partial charge is 0.232 e. The maximum Gasteiger partial charge on any atom is 0.232 e. The molecule has 4 nitrogen and oxygen atoms in total. The van der Waals surface area contributed by atoms with Crippen molar-refractivity contribution in [3.05, 3.63) is 52.5 Å². The summed E-state index contributed by atoms with van der Waals surface area (Å²) in [4.78, 5) is 5.50. The quantitative estimate of drug-likeness (QED) is 0.784. The molecule has 0 aliphatic carbocycles. The molecule has 0 unspecified atom stereocenters. The van der Waals surface area contributed by atoms with Crippen LogP contribution in [0.1, 0.15) is 10.8 Å². The molecule has 5 heteroatoms. The fourth-order valence-electron chi connectivity index (χ4n) is 1.65. The van der Waals surface area contributed by atoms with E-state index in [9.17, 15) is 5.11 Å². The SMILES string of the molecule is Oc1cccc(-c2noc(Cc3cccs3)n2)c1. The molecular weight excluding hydrogens is 248 g/mol. The van der Waals surface area contributed by atoms with Crippen molar-refractivity contribution in [1.82, 2.24) is 10.1 Å². The second-order valence-electron chi connectivity index (χ2n) is 3.82. The van der Waals surface area contributed by atoms with Crippen LogP contribution < -0.4 is 0 Å². The normalized spacial score (nSPS) is 10.7. The highest BCUT2D eigenvalue weighted by Crippen LogP contribution is 2.21. The zero-order valence-electron chi connectivity index (χ0n) is 9.41. The summed E-state index contributed by atoms with van der Waals surface area (Å²) >= 11 is 1.66. The summed E-state index contributed by atoms with van der Waals surface area (Å²) in [6, 6.07) is 10.8. The van der Waals surface area contributed by atoms with Crippen LogP contribution in [0.5, 0.6) is 5.75 Å². The Balaban J connectivity index is 1.85. The van der Waals surface area contributed by atoms with E-state index < -0.39 is 0 Å². The Kier molecular flexibility index (Phi) is 2.82. The number of hydrogen-bond acceptors (Lipinski definition) is 5. The van der Waals surface area contributed by atoms with Gasteiger partial charge in [0.1, 0.15) is 5.75 Å². The summed E-state index contributed by atoms with van der Waals surface area (Å²) in [5.41, 5.74) is 0.746. The number of hydrogen-bond donors (Lipinski definition) is 1. The van der Waals surface area contributed by atoms with Gasteiger partial charge in [0.05, 0.1) is 6.42 Å². The van der Waals surface area contributed by atoms with Crippen LogP contribution >= 0.6 is 11.3 Å². The minimum absolute atomic E-state index is 0.192. The third-order valence-corrected chi connectivity index (χ3v) is 3.35. The van der Waals surface area contributed by atoms with E-state index in [2.05, 4.69) is 10.1 Å². The molecule has 0 bridgehead atoms. The first-order valence-corrected chi connectivity index (χ1v) is 6.33. The number of rotatable bonds is 3. The molecule has 0 radical (unpaired) electrons. The molecule has 3 aromatic rings. The number of phenols is 1. The third kappa shape index (κ3) is 2.26. The molecule has 1 aromatic carbocycles. The first kappa shape index (κ1) is 11.0. The monoisotopic (exact) mass is 258 g/mol. The van der Waals surface area contributed by atoms with Crippen LogP contribution in [0.2, 0.25) is 0 Å². The summed E-state index contributed by atoms with van der Waals surface area (Å²) in [5.74, 6) is 1.27. The summed E-state index contributed by atoms with van der Waals surface area (Å²) in [7, 11) is 0. The molecule has 0 fully saturated rings. The highest BCUT2D eigenvalue weighted by atomic mass is 32.1. The van der Waals surface area contributed by atoms with Crippen LogP contribution in [-0.4, -0.2) is 15.2 Å². The second kappa shape index (κ2) is 4.62. The average molecular weight is 258 g/mol. The molecule has 0 saturated heterocycles. The molecule has 2 heterocycles. The number of aromatic hydroxyl groups is 1. The van der Waals surface area contributed by atoms with Crippen LogP contribution in [0.4, 0.5) is 0 Å². The lowest BCUT2D eigenvalue weighted by Gasteiger charge is -1.94. The van der Waals surface area contributed by atoms with Gasteiger partial charge >= 0.3 is 0 Å². The van der Waals surface area contributed by atoms with Gasteiger partial charge in [0.15, 0.2) is 0 Å². The largest absolute Gasteiger partial charge is 0.508 e. The molecule has 18 heavy (non-hydrogen) atoms. The van der Waals surface area contributed by atoms with Gasteiger partial charge < -0.3 is 9.63 Å². The maximum atomic E-state index is 9.40. The molecule has 0 atom stereocenters. The number of phenolic OH excluding ortho intramolecular Hbond substituents is 1. The van der Waals surface area contributed by atoms with Crippen LogP contribution in [0.15, 0.2) is 46.3 Å². The van der Waals surface area contributed by atoms with E-state index in [1.54, 1.807) is 29.5 Å². The number of nitrogens with zero attached hydrogens (tertiary/aromatic N) is 2. The molecule has 0 aliphatic rings. The summed E-state index contributed by atoms with van der Waals surface area (Å²) in [5, 5.41) is 15.3. The van der Waals surface area contributed by atoms with Gasteiger partial charge in [0.2, 0.25) is 11.7 Å². The topological polar surface area (TPSA) is 59.2 Å². The van der Waals surface area contributed by atoms with Crippen molar-refractivity contribution in [2.75, 3.05) is 0 Å². The minimum Gasteiger partial charge on any atom is -0.508 e. The van der Waals surface area contributed by atoms with Gasteiger partial charge in [-0.15, -0.1) is 11.3 Å². The van der Waals surface area contributed by atoms with E-state index in [-0.39, 0.29) is 5.75 Å².